The SMILES string of the molecule is C1CCC(N(C2CCCO2)C2CCC3CCC4CCC(N(C5CCCCC5)C5CCCO5)C5CCC2C3C45)CC1. The van der Waals surface area contributed by atoms with Crippen molar-refractivity contribution in [3.8, 4) is 0 Å². The fourth-order valence-electron chi connectivity index (χ4n) is 12.8. The minimum atomic E-state index is 0.433. The number of nitrogens with zero attached hydrogens (tertiary/aromatic N) is 2. The summed E-state index contributed by atoms with van der Waals surface area (Å²) < 4.78 is 13.1. The van der Waals surface area contributed by atoms with Crippen LogP contribution in [0.1, 0.15) is 141 Å². The van der Waals surface area contributed by atoms with Crippen molar-refractivity contribution in [2.45, 2.75) is 178 Å². The van der Waals surface area contributed by atoms with Crippen molar-refractivity contribution >= 4 is 0 Å². The summed E-state index contributed by atoms with van der Waals surface area (Å²) in [6, 6.07) is 3.21. The quantitative estimate of drug-likeness (QED) is 0.332. The fourth-order valence-corrected chi connectivity index (χ4v) is 12.8. The van der Waals surface area contributed by atoms with E-state index in [1.54, 1.807) is 12.8 Å². The minimum absolute atomic E-state index is 0.433. The maximum atomic E-state index is 6.55. The second-order valence-corrected chi connectivity index (χ2v) is 15.9. The molecule has 6 saturated carbocycles. The van der Waals surface area contributed by atoms with Crippen molar-refractivity contribution in [2.75, 3.05) is 13.2 Å². The molecule has 40 heavy (non-hydrogen) atoms. The molecule has 10 unspecified atom stereocenters. The van der Waals surface area contributed by atoms with E-state index < -0.39 is 0 Å². The summed E-state index contributed by atoms with van der Waals surface area (Å²) in [5, 5.41) is 0. The molecule has 226 valence electrons. The highest BCUT2D eigenvalue weighted by atomic mass is 16.5. The van der Waals surface area contributed by atoms with Gasteiger partial charge in [-0.05, 0) is 138 Å². The molecule has 0 aromatic carbocycles. The predicted octanol–water partition coefficient (Wildman–Crippen LogP) is 8.14. The molecular formula is C36H60N2O2. The van der Waals surface area contributed by atoms with E-state index in [0.29, 0.717) is 12.5 Å². The van der Waals surface area contributed by atoms with Crippen LogP contribution in [0.4, 0.5) is 0 Å². The van der Waals surface area contributed by atoms with Gasteiger partial charge in [0.2, 0.25) is 0 Å². The molecule has 2 heterocycles. The van der Waals surface area contributed by atoms with Crippen LogP contribution in [0.3, 0.4) is 0 Å². The summed E-state index contributed by atoms with van der Waals surface area (Å²) >= 11 is 0. The molecule has 0 N–H and O–H groups in total. The van der Waals surface area contributed by atoms with Gasteiger partial charge in [-0.1, -0.05) is 38.5 Å². The topological polar surface area (TPSA) is 24.9 Å². The Kier molecular flexibility index (Phi) is 8.28. The monoisotopic (exact) mass is 552 g/mol. The lowest BCUT2D eigenvalue weighted by molar-refractivity contribution is -0.176. The average Bonchev–Trinajstić information content (AvgIpc) is 3.74. The Morgan fingerprint density at radius 2 is 0.800 bits per heavy atom. The summed E-state index contributed by atoms with van der Waals surface area (Å²) in [5.41, 5.74) is 0. The average molecular weight is 553 g/mol. The molecule has 0 bridgehead atoms. The maximum Gasteiger partial charge on any atom is 0.111 e. The van der Waals surface area contributed by atoms with Crippen LogP contribution in [0, 0.1) is 35.5 Å². The molecular weight excluding hydrogens is 492 g/mol. The van der Waals surface area contributed by atoms with Gasteiger partial charge in [0.1, 0.15) is 12.5 Å². The lowest BCUT2D eigenvalue weighted by atomic mass is 9.46. The highest BCUT2D eigenvalue weighted by Crippen LogP contribution is 2.62. The fraction of sp³-hybridized carbons (Fsp3) is 1.00. The molecule has 6 aliphatic carbocycles. The number of ether oxygens (including phenoxy) is 2. The van der Waals surface area contributed by atoms with Crippen LogP contribution in [-0.4, -0.2) is 59.6 Å². The molecule has 2 aliphatic heterocycles. The normalized spacial score (nSPS) is 46.6. The van der Waals surface area contributed by atoms with Crippen LogP contribution >= 0.6 is 0 Å². The van der Waals surface area contributed by atoms with Crippen LogP contribution in [0.25, 0.3) is 0 Å². The molecule has 0 amide bonds. The first-order chi connectivity index (χ1) is 19.9. The molecule has 8 aliphatic rings. The van der Waals surface area contributed by atoms with E-state index >= 15 is 0 Å². The Labute approximate surface area is 245 Å². The highest BCUT2D eigenvalue weighted by Gasteiger charge is 2.58. The van der Waals surface area contributed by atoms with E-state index in [9.17, 15) is 0 Å². The largest absolute Gasteiger partial charge is 0.363 e. The maximum absolute atomic E-state index is 6.55. The van der Waals surface area contributed by atoms with Gasteiger partial charge in [-0.3, -0.25) is 9.80 Å². The highest BCUT2D eigenvalue weighted by molar-refractivity contribution is 5.09. The minimum Gasteiger partial charge on any atom is -0.363 e. The molecule has 0 aromatic heterocycles. The van der Waals surface area contributed by atoms with E-state index in [4.69, 9.17) is 9.47 Å². The summed E-state index contributed by atoms with van der Waals surface area (Å²) in [7, 11) is 0. The second-order valence-electron chi connectivity index (χ2n) is 15.9. The van der Waals surface area contributed by atoms with Crippen molar-refractivity contribution in [3.05, 3.63) is 0 Å². The molecule has 4 nitrogen and oxygen atoms in total. The van der Waals surface area contributed by atoms with Crippen LogP contribution in [-0.2, 0) is 9.47 Å². The predicted molar refractivity (Wildman–Crippen MR) is 161 cm³/mol. The molecule has 0 spiro atoms. The zero-order chi connectivity index (χ0) is 26.5. The molecule has 2 saturated heterocycles. The summed E-state index contributed by atoms with van der Waals surface area (Å²) in [4.78, 5) is 6.16. The van der Waals surface area contributed by atoms with Gasteiger partial charge in [-0.15, -0.1) is 0 Å². The van der Waals surface area contributed by atoms with Crippen LogP contribution in [0.5, 0.6) is 0 Å². The van der Waals surface area contributed by atoms with Crippen molar-refractivity contribution in [2.24, 2.45) is 35.5 Å². The summed E-state index contributed by atoms with van der Waals surface area (Å²) in [6.07, 6.45) is 32.6. The first kappa shape index (κ1) is 27.4. The zero-order valence-corrected chi connectivity index (χ0v) is 25.6. The van der Waals surface area contributed by atoms with Gasteiger partial charge in [0.25, 0.3) is 0 Å². The Morgan fingerprint density at radius 3 is 1.20 bits per heavy atom. The van der Waals surface area contributed by atoms with Gasteiger partial charge in [0.15, 0.2) is 0 Å². The lowest BCUT2D eigenvalue weighted by Crippen LogP contribution is -2.64. The number of hydrogen-bond acceptors (Lipinski definition) is 4. The Morgan fingerprint density at radius 1 is 0.375 bits per heavy atom. The van der Waals surface area contributed by atoms with Crippen LogP contribution in [0.2, 0.25) is 0 Å². The first-order valence-electron chi connectivity index (χ1n) is 18.6. The Bertz CT molecular complexity index is 759. The molecule has 0 aromatic rings. The number of rotatable bonds is 6. The van der Waals surface area contributed by atoms with Gasteiger partial charge in [-0.25, -0.2) is 0 Å². The molecule has 10 atom stereocenters. The molecule has 8 rings (SSSR count). The van der Waals surface area contributed by atoms with E-state index in [-0.39, 0.29) is 0 Å². The smallest absolute Gasteiger partial charge is 0.111 e. The second kappa shape index (κ2) is 12.1. The third-order valence-corrected chi connectivity index (χ3v) is 14.2. The summed E-state index contributed by atoms with van der Waals surface area (Å²) in [5.74, 6) is 5.94. The van der Waals surface area contributed by atoms with Crippen LogP contribution in [0.15, 0.2) is 0 Å². The Hall–Kier alpha value is -0.160. The molecule has 0 radical (unpaired) electrons. The van der Waals surface area contributed by atoms with Gasteiger partial charge in [0.05, 0.1) is 0 Å². The van der Waals surface area contributed by atoms with Crippen LogP contribution < -0.4 is 0 Å². The standard InChI is InChI=1S/C36H60N2O2/c1-3-9-27(10-4-1)37(33-13-7-23-39-33)31-21-17-25-15-16-26-18-22-32(30-20-19-29(31)35(25)36(26)30)38(34-14-8-24-40-34)28-11-5-2-6-12-28/h25-36H,1-24H2. The first-order valence-corrected chi connectivity index (χ1v) is 18.6. The van der Waals surface area contributed by atoms with Crippen molar-refractivity contribution in [1.29, 1.82) is 0 Å². The third-order valence-electron chi connectivity index (χ3n) is 14.2. The zero-order valence-electron chi connectivity index (χ0n) is 25.6. The van der Waals surface area contributed by atoms with Gasteiger partial charge >= 0.3 is 0 Å². The van der Waals surface area contributed by atoms with E-state index in [1.165, 1.54) is 128 Å². The molecule has 4 heteroatoms. The third kappa shape index (κ3) is 4.95. The van der Waals surface area contributed by atoms with E-state index in [1.807, 2.05) is 0 Å². The lowest BCUT2D eigenvalue weighted by Gasteiger charge is -2.64. The van der Waals surface area contributed by atoms with Gasteiger partial charge in [0, 0.05) is 37.4 Å². The van der Waals surface area contributed by atoms with Gasteiger partial charge in [-0.2, -0.15) is 0 Å². The van der Waals surface area contributed by atoms with E-state index in [2.05, 4.69) is 9.80 Å². The van der Waals surface area contributed by atoms with Crippen molar-refractivity contribution in [3.63, 3.8) is 0 Å². The molecule has 8 fully saturated rings. The van der Waals surface area contributed by atoms with E-state index in [0.717, 1.165) is 72.9 Å². The number of hydrogen-bond donors (Lipinski definition) is 0. The Balaban J connectivity index is 1.08. The van der Waals surface area contributed by atoms with Gasteiger partial charge < -0.3 is 9.47 Å². The summed E-state index contributed by atoms with van der Waals surface area (Å²) in [6.45, 7) is 2.01. The van der Waals surface area contributed by atoms with Crippen molar-refractivity contribution in [1.82, 2.24) is 9.80 Å². The van der Waals surface area contributed by atoms with Crippen molar-refractivity contribution < 1.29 is 9.47 Å².